The molecule has 0 saturated carbocycles. The van der Waals surface area contributed by atoms with E-state index in [0.717, 1.165) is 0 Å². The Labute approximate surface area is 149 Å². The molecule has 0 aliphatic carbocycles. The number of halogens is 1. The lowest BCUT2D eigenvalue weighted by Crippen LogP contribution is -2.24. The van der Waals surface area contributed by atoms with Crippen molar-refractivity contribution in [3.8, 4) is 0 Å². The molecule has 0 fully saturated rings. The average Bonchev–Trinajstić information content (AvgIpc) is 2.69. The smallest absolute Gasteiger partial charge is 0.274 e. The van der Waals surface area contributed by atoms with E-state index >= 15 is 0 Å². The number of hydrogen-bond donors (Lipinski definition) is 2. The molecule has 3 aromatic rings. The van der Waals surface area contributed by atoms with E-state index in [9.17, 15) is 14.0 Å². The number of carbonyl (C=O) groups is 2. The van der Waals surface area contributed by atoms with E-state index < -0.39 is 11.7 Å². The van der Waals surface area contributed by atoms with Crippen LogP contribution in [0, 0.1) is 5.82 Å². The number of benzene rings is 1. The highest BCUT2D eigenvalue weighted by Gasteiger charge is 2.13. The Balaban J connectivity index is 1.68. The zero-order valence-corrected chi connectivity index (χ0v) is 13.6. The fraction of sp³-hybridized carbons (Fsp3) is 0.0526. The normalized spacial score (nSPS) is 10.2. The van der Waals surface area contributed by atoms with Crippen LogP contribution in [0.5, 0.6) is 0 Å². The van der Waals surface area contributed by atoms with Gasteiger partial charge in [0.15, 0.2) is 0 Å². The first-order valence-electron chi connectivity index (χ1n) is 7.83. The fourth-order valence-corrected chi connectivity index (χ4v) is 2.22. The number of aromatic nitrogens is 2. The lowest BCUT2D eigenvalue weighted by atomic mass is 10.2. The lowest BCUT2D eigenvalue weighted by molar-refractivity contribution is 0.0950. The first-order chi connectivity index (χ1) is 12.6. The van der Waals surface area contributed by atoms with Gasteiger partial charge >= 0.3 is 0 Å². The molecule has 0 atom stereocenters. The number of nitrogens with zero attached hydrogens (tertiary/aromatic N) is 2. The molecular formula is C19H15FN4O2. The van der Waals surface area contributed by atoms with Crippen molar-refractivity contribution in [2.24, 2.45) is 0 Å². The molecule has 0 aliphatic rings. The first kappa shape index (κ1) is 17.2. The molecule has 0 radical (unpaired) electrons. The summed E-state index contributed by atoms with van der Waals surface area (Å²) < 4.78 is 13.6. The molecule has 2 heterocycles. The van der Waals surface area contributed by atoms with E-state index in [0.29, 0.717) is 5.69 Å². The summed E-state index contributed by atoms with van der Waals surface area (Å²) in [5.74, 6) is -1.52. The number of carbonyl (C=O) groups excluding carboxylic acids is 2. The second kappa shape index (κ2) is 7.98. The van der Waals surface area contributed by atoms with E-state index in [2.05, 4.69) is 20.6 Å². The van der Waals surface area contributed by atoms with Gasteiger partial charge in [0, 0.05) is 18.0 Å². The van der Waals surface area contributed by atoms with Crippen LogP contribution in [0.1, 0.15) is 26.5 Å². The maximum atomic E-state index is 13.6. The number of hydrogen-bond acceptors (Lipinski definition) is 4. The van der Waals surface area contributed by atoms with Gasteiger partial charge < -0.3 is 10.6 Å². The van der Waals surface area contributed by atoms with Crippen molar-refractivity contribution in [3.05, 3.63) is 89.8 Å². The number of pyridine rings is 2. The van der Waals surface area contributed by atoms with Crippen LogP contribution >= 0.6 is 0 Å². The minimum Gasteiger partial charge on any atom is -0.346 e. The van der Waals surface area contributed by atoms with Gasteiger partial charge in [0.1, 0.15) is 11.5 Å². The molecule has 0 saturated heterocycles. The summed E-state index contributed by atoms with van der Waals surface area (Å²) in [4.78, 5) is 32.5. The highest BCUT2D eigenvalue weighted by Crippen LogP contribution is 2.14. The van der Waals surface area contributed by atoms with Gasteiger partial charge in [0.05, 0.1) is 17.9 Å². The molecular weight excluding hydrogens is 335 g/mol. The number of anilines is 1. The summed E-state index contributed by atoms with van der Waals surface area (Å²) in [6.45, 7) is 0.263. The highest BCUT2D eigenvalue weighted by molar-refractivity contribution is 6.04. The van der Waals surface area contributed by atoms with Gasteiger partial charge in [0.25, 0.3) is 11.8 Å². The molecule has 6 nitrogen and oxygen atoms in total. The first-order valence-corrected chi connectivity index (χ1v) is 7.83. The molecule has 7 heteroatoms. The van der Waals surface area contributed by atoms with Gasteiger partial charge in [-0.15, -0.1) is 0 Å². The minimum atomic E-state index is -0.602. The Kier molecular flexibility index (Phi) is 5.28. The van der Waals surface area contributed by atoms with Crippen molar-refractivity contribution in [2.75, 3.05) is 5.32 Å². The monoisotopic (exact) mass is 350 g/mol. The van der Waals surface area contributed by atoms with Crippen molar-refractivity contribution >= 4 is 17.5 Å². The summed E-state index contributed by atoms with van der Waals surface area (Å²) >= 11 is 0. The summed E-state index contributed by atoms with van der Waals surface area (Å²) in [7, 11) is 0. The summed E-state index contributed by atoms with van der Waals surface area (Å²) in [5.41, 5.74) is 1.05. The van der Waals surface area contributed by atoms with E-state index in [4.69, 9.17) is 0 Å². The third kappa shape index (κ3) is 4.27. The summed E-state index contributed by atoms with van der Waals surface area (Å²) in [5, 5.41) is 5.15. The van der Waals surface area contributed by atoms with Gasteiger partial charge in [-0.25, -0.2) is 4.39 Å². The van der Waals surface area contributed by atoms with Gasteiger partial charge in [-0.2, -0.15) is 0 Å². The van der Waals surface area contributed by atoms with Crippen molar-refractivity contribution in [1.29, 1.82) is 0 Å². The van der Waals surface area contributed by atoms with E-state index in [1.54, 1.807) is 24.4 Å². The number of para-hydroxylation sites is 1. The van der Waals surface area contributed by atoms with Crippen LogP contribution in [0.15, 0.2) is 67.0 Å². The van der Waals surface area contributed by atoms with Crippen LogP contribution < -0.4 is 10.6 Å². The second-order valence-corrected chi connectivity index (χ2v) is 5.37. The Hall–Kier alpha value is -3.61. The largest absolute Gasteiger partial charge is 0.346 e. The van der Waals surface area contributed by atoms with E-state index in [-0.39, 0.29) is 29.4 Å². The predicted molar refractivity (Wildman–Crippen MR) is 94.0 cm³/mol. The molecule has 2 aromatic heterocycles. The second-order valence-electron chi connectivity index (χ2n) is 5.37. The third-order valence-corrected chi connectivity index (χ3v) is 3.53. The standard InChI is InChI=1S/C19H15FN4O2/c20-15-6-1-2-7-16(15)24-19(26)17-11-13(8-10-22-17)18(25)23-12-14-5-3-4-9-21-14/h1-11H,12H2,(H,23,25)(H,24,26). The van der Waals surface area contributed by atoms with Crippen molar-refractivity contribution in [1.82, 2.24) is 15.3 Å². The van der Waals surface area contributed by atoms with Crippen LogP contribution in [0.4, 0.5) is 10.1 Å². The molecule has 0 bridgehead atoms. The fourth-order valence-electron chi connectivity index (χ4n) is 2.22. The molecule has 0 unspecified atom stereocenters. The molecule has 3 rings (SSSR count). The molecule has 130 valence electrons. The molecule has 2 N–H and O–H groups in total. The topological polar surface area (TPSA) is 84.0 Å². The van der Waals surface area contributed by atoms with E-state index in [1.165, 1.54) is 36.5 Å². The van der Waals surface area contributed by atoms with Gasteiger partial charge in [-0.1, -0.05) is 18.2 Å². The summed E-state index contributed by atoms with van der Waals surface area (Å²) in [6.07, 6.45) is 2.99. The van der Waals surface area contributed by atoms with Crippen LogP contribution in [0.25, 0.3) is 0 Å². The average molecular weight is 350 g/mol. The number of rotatable bonds is 5. The maximum Gasteiger partial charge on any atom is 0.274 e. The SMILES string of the molecule is O=C(NCc1ccccn1)c1ccnc(C(=O)Nc2ccccc2F)c1. The van der Waals surface area contributed by atoms with Crippen molar-refractivity contribution < 1.29 is 14.0 Å². The van der Waals surface area contributed by atoms with Crippen LogP contribution in [-0.2, 0) is 6.54 Å². The Morgan fingerprint density at radius 1 is 0.923 bits per heavy atom. The zero-order chi connectivity index (χ0) is 18.4. The van der Waals surface area contributed by atoms with Gasteiger partial charge in [0.2, 0.25) is 0 Å². The Morgan fingerprint density at radius 2 is 1.73 bits per heavy atom. The van der Waals surface area contributed by atoms with Crippen LogP contribution in [0.2, 0.25) is 0 Å². The summed E-state index contributed by atoms with van der Waals surface area (Å²) in [6, 6.07) is 14.1. The lowest BCUT2D eigenvalue weighted by Gasteiger charge is -2.08. The molecule has 1 aromatic carbocycles. The van der Waals surface area contributed by atoms with Crippen molar-refractivity contribution in [2.45, 2.75) is 6.54 Å². The van der Waals surface area contributed by atoms with Crippen LogP contribution in [-0.4, -0.2) is 21.8 Å². The zero-order valence-electron chi connectivity index (χ0n) is 13.6. The third-order valence-electron chi connectivity index (χ3n) is 3.53. The Morgan fingerprint density at radius 3 is 2.50 bits per heavy atom. The number of amides is 2. The molecule has 26 heavy (non-hydrogen) atoms. The minimum absolute atomic E-state index is 0.0127. The predicted octanol–water partition coefficient (Wildman–Crippen LogP) is 2.80. The maximum absolute atomic E-state index is 13.6. The van der Waals surface area contributed by atoms with Crippen LogP contribution in [0.3, 0.4) is 0 Å². The van der Waals surface area contributed by atoms with Gasteiger partial charge in [-0.3, -0.25) is 19.6 Å². The molecule has 0 spiro atoms. The quantitative estimate of drug-likeness (QED) is 0.741. The Bertz CT molecular complexity index is 932. The van der Waals surface area contributed by atoms with Gasteiger partial charge in [-0.05, 0) is 36.4 Å². The van der Waals surface area contributed by atoms with E-state index in [1.807, 2.05) is 6.07 Å². The molecule has 0 aliphatic heterocycles. The van der Waals surface area contributed by atoms with Crippen molar-refractivity contribution in [3.63, 3.8) is 0 Å². The highest BCUT2D eigenvalue weighted by atomic mass is 19.1. The molecule has 2 amide bonds. The number of nitrogens with one attached hydrogen (secondary N) is 2.